The Morgan fingerprint density at radius 2 is 2.00 bits per heavy atom. The van der Waals surface area contributed by atoms with Crippen molar-refractivity contribution in [3.8, 4) is 17.2 Å². The number of likely N-dealkylation sites (tertiary alicyclic amines) is 1. The zero-order valence-corrected chi connectivity index (χ0v) is 15.3. The SMILES string of the molecule is COc1cccc(C(=O)[C@@H]2CCCN(Cc3cccc(OC)c3O)C2)c1. The van der Waals surface area contributed by atoms with Crippen molar-refractivity contribution in [3.05, 3.63) is 53.6 Å². The van der Waals surface area contributed by atoms with Gasteiger partial charge in [0.2, 0.25) is 0 Å². The number of phenolic OH excluding ortho intramolecular Hbond substituents is 1. The van der Waals surface area contributed by atoms with Crippen LogP contribution in [-0.4, -0.2) is 43.1 Å². The zero-order valence-electron chi connectivity index (χ0n) is 15.3. The number of nitrogens with zero attached hydrogens (tertiary/aromatic N) is 1. The van der Waals surface area contributed by atoms with Gasteiger partial charge in [0.05, 0.1) is 14.2 Å². The third-order valence-electron chi connectivity index (χ3n) is 4.93. The van der Waals surface area contributed by atoms with Crippen molar-refractivity contribution in [1.82, 2.24) is 4.90 Å². The van der Waals surface area contributed by atoms with E-state index in [-0.39, 0.29) is 17.5 Å². The first kappa shape index (κ1) is 18.3. The largest absolute Gasteiger partial charge is 0.504 e. The Labute approximate surface area is 154 Å². The molecule has 1 fully saturated rings. The molecule has 26 heavy (non-hydrogen) atoms. The van der Waals surface area contributed by atoms with Gasteiger partial charge in [-0.15, -0.1) is 0 Å². The molecular formula is C21H25NO4. The number of para-hydroxylation sites is 1. The quantitative estimate of drug-likeness (QED) is 0.804. The van der Waals surface area contributed by atoms with Crippen molar-refractivity contribution >= 4 is 5.78 Å². The second kappa shape index (κ2) is 8.23. The number of hydrogen-bond donors (Lipinski definition) is 1. The molecule has 0 aliphatic carbocycles. The van der Waals surface area contributed by atoms with Crippen LogP contribution in [0.2, 0.25) is 0 Å². The van der Waals surface area contributed by atoms with Crippen LogP contribution in [-0.2, 0) is 6.54 Å². The summed E-state index contributed by atoms with van der Waals surface area (Å²) in [5.74, 6) is 1.47. The highest BCUT2D eigenvalue weighted by atomic mass is 16.5. The van der Waals surface area contributed by atoms with Crippen molar-refractivity contribution in [2.75, 3.05) is 27.3 Å². The number of carbonyl (C=O) groups is 1. The van der Waals surface area contributed by atoms with Crippen molar-refractivity contribution in [2.45, 2.75) is 19.4 Å². The minimum absolute atomic E-state index is 0.0383. The van der Waals surface area contributed by atoms with Gasteiger partial charge in [0.1, 0.15) is 5.75 Å². The van der Waals surface area contributed by atoms with Gasteiger partial charge in [-0.2, -0.15) is 0 Å². The molecule has 0 spiro atoms. The highest BCUT2D eigenvalue weighted by Crippen LogP contribution is 2.31. The Bertz CT molecular complexity index is 774. The topological polar surface area (TPSA) is 59.0 Å². The van der Waals surface area contributed by atoms with Crippen LogP contribution in [0.3, 0.4) is 0 Å². The van der Waals surface area contributed by atoms with Crippen LogP contribution in [0.25, 0.3) is 0 Å². The number of aromatic hydroxyl groups is 1. The summed E-state index contributed by atoms with van der Waals surface area (Å²) in [6.07, 6.45) is 1.85. The summed E-state index contributed by atoms with van der Waals surface area (Å²) in [5, 5.41) is 10.3. The van der Waals surface area contributed by atoms with Gasteiger partial charge in [-0.1, -0.05) is 24.3 Å². The second-order valence-electron chi connectivity index (χ2n) is 6.64. The number of phenols is 1. The van der Waals surface area contributed by atoms with Gasteiger partial charge < -0.3 is 14.6 Å². The lowest BCUT2D eigenvalue weighted by molar-refractivity contribution is 0.0810. The summed E-state index contributed by atoms with van der Waals surface area (Å²) in [4.78, 5) is 15.1. The summed E-state index contributed by atoms with van der Waals surface area (Å²) >= 11 is 0. The van der Waals surface area contributed by atoms with Crippen molar-refractivity contribution < 1.29 is 19.4 Å². The van der Waals surface area contributed by atoms with E-state index in [0.29, 0.717) is 30.2 Å². The first-order chi connectivity index (χ1) is 12.6. The van der Waals surface area contributed by atoms with E-state index in [1.165, 1.54) is 0 Å². The van der Waals surface area contributed by atoms with E-state index in [1.54, 1.807) is 26.4 Å². The first-order valence-corrected chi connectivity index (χ1v) is 8.88. The minimum atomic E-state index is -0.0383. The van der Waals surface area contributed by atoms with Crippen LogP contribution < -0.4 is 9.47 Å². The van der Waals surface area contributed by atoms with E-state index in [0.717, 1.165) is 24.9 Å². The third-order valence-corrected chi connectivity index (χ3v) is 4.93. The molecule has 0 amide bonds. The second-order valence-corrected chi connectivity index (χ2v) is 6.64. The average Bonchev–Trinajstić information content (AvgIpc) is 2.69. The molecule has 1 saturated heterocycles. The van der Waals surface area contributed by atoms with E-state index in [1.807, 2.05) is 30.3 Å². The van der Waals surface area contributed by atoms with Crippen LogP contribution in [0.5, 0.6) is 17.2 Å². The zero-order chi connectivity index (χ0) is 18.5. The molecular weight excluding hydrogens is 330 g/mol. The molecule has 0 saturated carbocycles. The maximum Gasteiger partial charge on any atom is 0.167 e. The summed E-state index contributed by atoms with van der Waals surface area (Å²) in [5.41, 5.74) is 1.51. The van der Waals surface area contributed by atoms with E-state index < -0.39 is 0 Å². The monoisotopic (exact) mass is 355 g/mol. The number of ketones is 1. The molecule has 0 aromatic heterocycles. The van der Waals surface area contributed by atoms with Crippen LogP contribution in [0, 0.1) is 5.92 Å². The van der Waals surface area contributed by atoms with Crippen LogP contribution in [0.1, 0.15) is 28.8 Å². The van der Waals surface area contributed by atoms with Crippen molar-refractivity contribution in [3.63, 3.8) is 0 Å². The van der Waals surface area contributed by atoms with Gasteiger partial charge in [-0.25, -0.2) is 0 Å². The first-order valence-electron chi connectivity index (χ1n) is 8.88. The van der Waals surface area contributed by atoms with Crippen LogP contribution >= 0.6 is 0 Å². The van der Waals surface area contributed by atoms with Gasteiger partial charge in [-0.05, 0) is 37.6 Å². The molecule has 1 aliphatic rings. The van der Waals surface area contributed by atoms with Crippen LogP contribution in [0.4, 0.5) is 0 Å². The predicted molar refractivity (Wildman–Crippen MR) is 100.0 cm³/mol. The van der Waals surface area contributed by atoms with Gasteiger partial charge in [0.15, 0.2) is 17.3 Å². The molecule has 1 atom stereocenters. The van der Waals surface area contributed by atoms with Crippen molar-refractivity contribution in [2.24, 2.45) is 5.92 Å². The maximum absolute atomic E-state index is 12.9. The average molecular weight is 355 g/mol. The Morgan fingerprint density at radius 1 is 1.19 bits per heavy atom. The van der Waals surface area contributed by atoms with E-state index in [9.17, 15) is 9.90 Å². The number of methoxy groups -OCH3 is 2. The highest BCUT2D eigenvalue weighted by Gasteiger charge is 2.27. The molecule has 2 aromatic rings. The third kappa shape index (κ3) is 3.99. The number of rotatable bonds is 6. The molecule has 138 valence electrons. The summed E-state index contributed by atoms with van der Waals surface area (Å²) in [6.45, 7) is 2.20. The Balaban J connectivity index is 1.70. The summed E-state index contributed by atoms with van der Waals surface area (Å²) in [7, 11) is 3.15. The molecule has 5 nitrogen and oxygen atoms in total. The minimum Gasteiger partial charge on any atom is -0.504 e. The fourth-order valence-corrected chi connectivity index (χ4v) is 3.53. The van der Waals surface area contributed by atoms with Gasteiger partial charge >= 0.3 is 0 Å². The van der Waals surface area contributed by atoms with Gasteiger partial charge in [-0.3, -0.25) is 9.69 Å². The molecule has 0 unspecified atom stereocenters. The fourth-order valence-electron chi connectivity index (χ4n) is 3.53. The highest BCUT2D eigenvalue weighted by molar-refractivity contribution is 5.98. The lowest BCUT2D eigenvalue weighted by Gasteiger charge is -2.32. The molecule has 0 bridgehead atoms. The Morgan fingerprint density at radius 3 is 2.77 bits per heavy atom. The lowest BCUT2D eigenvalue weighted by Crippen LogP contribution is -2.38. The predicted octanol–water partition coefficient (Wildman–Crippen LogP) is 3.50. The Kier molecular flexibility index (Phi) is 5.78. The fraction of sp³-hybridized carbons (Fsp3) is 0.381. The molecule has 1 heterocycles. The lowest BCUT2D eigenvalue weighted by atomic mass is 9.89. The molecule has 5 heteroatoms. The standard InChI is InChI=1S/C21H25NO4/c1-25-18-9-3-6-15(12-18)20(23)16-8-5-11-22(13-16)14-17-7-4-10-19(26-2)21(17)24/h3-4,6-7,9-10,12,16,24H,5,8,11,13-14H2,1-2H3/t16-/m1/s1. The van der Waals surface area contributed by atoms with E-state index in [4.69, 9.17) is 9.47 Å². The molecule has 1 aliphatic heterocycles. The number of benzene rings is 2. The van der Waals surface area contributed by atoms with E-state index in [2.05, 4.69) is 4.90 Å². The molecule has 1 N–H and O–H groups in total. The molecule has 0 radical (unpaired) electrons. The number of hydrogen-bond acceptors (Lipinski definition) is 5. The Hall–Kier alpha value is -2.53. The molecule has 2 aromatic carbocycles. The van der Waals surface area contributed by atoms with Gasteiger partial charge in [0, 0.05) is 30.1 Å². The number of ether oxygens (including phenoxy) is 2. The number of Topliss-reactive ketones (excluding diaryl/α,β-unsaturated/α-hetero) is 1. The van der Waals surface area contributed by atoms with Gasteiger partial charge in [0.25, 0.3) is 0 Å². The number of carbonyl (C=O) groups excluding carboxylic acids is 1. The normalized spacial score (nSPS) is 17.7. The smallest absolute Gasteiger partial charge is 0.167 e. The van der Waals surface area contributed by atoms with Crippen molar-refractivity contribution in [1.29, 1.82) is 0 Å². The number of piperidine rings is 1. The maximum atomic E-state index is 12.9. The summed E-state index contributed by atoms with van der Waals surface area (Å²) < 4.78 is 10.4. The summed E-state index contributed by atoms with van der Waals surface area (Å²) in [6, 6.07) is 12.8. The molecule has 3 rings (SSSR count). The van der Waals surface area contributed by atoms with Crippen LogP contribution in [0.15, 0.2) is 42.5 Å². The van der Waals surface area contributed by atoms with E-state index >= 15 is 0 Å².